The summed E-state index contributed by atoms with van der Waals surface area (Å²) in [6.07, 6.45) is -0.481. The van der Waals surface area contributed by atoms with Crippen LogP contribution in [0.3, 0.4) is 0 Å². The average Bonchev–Trinajstić information content (AvgIpc) is 2.46. The number of hydrogen-bond acceptors (Lipinski definition) is 2. The van der Waals surface area contributed by atoms with Crippen molar-refractivity contribution in [2.75, 3.05) is 20.6 Å². The first-order chi connectivity index (χ1) is 9.18. The second-order valence-corrected chi connectivity index (χ2v) is 5.13. The largest absolute Gasteiger partial charge is 0.388 e. The molecule has 0 bridgehead atoms. The van der Waals surface area contributed by atoms with Crippen molar-refractivity contribution in [2.45, 2.75) is 12.0 Å². The second-order valence-electron chi connectivity index (χ2n) is 5.13. The summed E-state index contributed by atoms with van der Waals surface area (Å²) in [5, 5.41) is 10.7. The van der Waals surface area contributed by atoms with Crippen molar-refractivity contribution in [3.8, 4) is 0 Å². The number of nitrogens with zero attached hydrogens (tertiary/aromatic N) is 1. The zero-order chi connectivity index (χ0) is 13.7. The lowest BCUT2D eigenvalue weighted by molar-refractivity contribution is 0.129. The summed E-state index contributed by atoms with van der Waals surface area (Å²) in [5.74, 6) is 0.0820. The predicted molar refractivity (Wildman–Crippen MR) is 86.4 cm³/mol. The van der Waals surface area contributed by atoms with Crippen molar-refractivity contribution in [2.24, 2.45) is 0 Å². The summed E-state index contributed by atoms with van der Waals surface area (Å²) in [6, 6.07) is 20.1. The normalized spacial score (nSPS) is 13.6. The van der Waals surface area contributed by atoms with Gasteiger partial charge in [0.05, 0.1) is 6.10 Å². The first-order valence-corrected chi connectivity index (χ1v) is 6.61. The summed E-state index contributed by atoms with van der Waals surface area (Å²) in [4.78, 5) is 2.11. The van der Waals surface area contributed by atoms with Crippen LogP contribution in [-0.4, -0.2) is 30.6 Å². The predicted octanol–water partition coefficient (Wildman–Crippen LogP) is 3.49. The molecule has 2 unspecified atom stereocenters. The van der Waals surface area contributed by atoms with Gasteiger partial charge < -0.3 is 10.0 Å². The Morgan fingerprint density at radius 3 is 1.75 bits per heavy atom. The van der Waals surface area contributed by atoms with Gasteiger partial charge in [-0.25, -0.2) is 0 Å². The first kappa shape index (κ1) is 16.7. The quantitative estimate of drug-likeness (QED) is 0.911. The topological polar surface area (TPSA) is 23.5 Å². The van der Waals surface area contributed by atoms with E-state index in [9.17, 15) is 5.11 Å². The Balaban J connectivity index is 0.00000200. The minimum atomic E-state index is -0.481. The van der Waals surface area contributed by atoms with Gasteiger partial charge >= 0.3 is 0 Å². The summed E-state index contributed by atoms with van der Waals surface area (Å²) in [6.45, 7) is 0.820. The minimum Gasteiger partial charge on any atom is -0.388 e. The number of likely N-dealkylation sites (N-methyl/N-ethyl adjacent to an activating group) is 1. The van der Waals surface area contributed by atoms with Gasteiger partial charge in [-0.15, -0.1) is 12.4 Å². The summed E-state index contributed by atoms with van der Waals surface area (Å²) in [7, 11) is 4.07. The lowest BCUT2D eigenvalue weighted by atomic mass is 9.89. The number of benzene rings is 2. The van der Waals surface area contributed by atoms with E-state index in [1.54, 1.807) is 0 Å². The molecule has 3 heteroatoms. The molecule has 0 saturated heterocycles. The third-order valence-corrected chi connectivity index (χ3v) is 3.31. The third-order valence-electron chi connectivity index (χ3n) is 3.31. The Morgan fingerprint density at radius 2 is 1.30 bits per heavy atom. The molecular weight excluding hydrogens is 270 g/mol. The molecule has 108 valence electrons. The standard InChI is InChI=1S/C17H21NO.ClH/c1-18(2)13-16(14-9-5-3-6-10-14)17(19)15-11-7-4-8-12-15;/h3-12,16-17,19H,13H2,1-2H3;1H. The minimum absolute atomic E-state index is 0. The highest BCUT2D eigenvalue weighted by atomic mass is 35.5. The van der Waals surface area contributed by atoms with Gasteiger partial charge in [-0.05, 0) is 25.2 Å². The molecule has 0 aromatic heterocycles. The van der Waals surface area contributed by atoms with E-state index >= 15 is 0 Å². The first-order valence-electron chi connectivity index (χ1n) is 6.61. The highest BCUT2D eigenvalue weighted by Crippen LogP contribution is 2.31. The fourth-order valence-electron chi connectivity index (χ4n) is 2.36. The fraction of sp³-hybridized carbons (Fsp3) is 0.294. The molecule has 2 aromatic carbocycles. The molecule has 1 N–H and O–H groups in total. The van der Waals surface area contributed by atoms with Crippen LogP contribution in [0.5, 0.6) is 0 Å². The third kappa shape index (κ3) is 4.34. The van der Waals surface area contributed by atoms with Crippen LogP contribution in [-0.2, 0) is 0 Å². The van der Waals surface area contributed by atoms with Crippen molar-refractivity contribution >= 4 is 12.4 Å². The number of aliphatic hydroxyl groups excluding tert-OH is 1. The molecule has 2 rings (SSSR count). The second kappa shape index (κ2) is 8.05. The molecule has 0 aliphatic heterocycles. The summed E-state index contributed by atoms with van der Waals surface area (Å²) >= 11 is 0. The lowest BCUT2D eigenvalue weighted by Crippen LogP contribution is -2.25. The SMILES string of the molecule is CN(C)CC(c1ccccc1)C(O)c1ccccc1.Cl. The van der Waals surface area contributed by atoms with Crippen molar-refractivity contribution in [3.63, 3.8) is 0 Å². The van der Waals surface area contributed by atoms with Crippen LogP contribution in [0, 0.1) is 0 Å². The Bertz CT molecular complexity index is 487. The molecule has 0 radical (unpaired) electrons. The van der Waals surface area contributed by atoms with Crippen LogP contribution >= 0.6 is 12.4 Å². The molecule has 2 atom stereocenters. The Morgan fingerprint density at radius 1 is 0.850 bits per heavy atom. The zero-order valence-electron chi connectivity index (χ0n) is 11.9. The number of halogens is 1. The smallest absolute Gasteiger partial charge is 0.0870 e. The molecular formula is C17H22ClNO. The van der Waals surface area contributed by atoms with E-state index in [-0.39, 0.29) is 18.3 Å². The van der Waals surface area contributed by atoms with Crippen LogP contribution < -0.4 is 0 Å². The number of aliphatic hydroxyl groups is 1. The molecule has 2 aromatic rings. The maximum absolute atomic E-state index is 10.7. The fourth-order valence-corrected chi connectivity index (χ4v) is 2.36. The Kier molecular flexibility index (Phi) is 6.73. The highest BCUT2D eigenvalue weighted by molar-refractivity contribution is 5.85. The van der Waals surface area contributed by atoms with Crippen LogP contribution in [0.2, 0.25) is 0 Å². The van der Waals surface area contributed by atoms with Crippen LogP contribution in [0.1, 0.15) is 23.1 Å². The summed E-state index contributed by atoms with van der Waals surface area (Å²) < 4.78 is 0. The van der Waals surface area contributed by atoms with Crippen molar-refractivity contribution in [3.05, 3.63) is 71.8 Å². The molecule has 0 amide bonds. The molecule has 0 saturated carbocycles. The van der Waals surface area contributed by atoms with E-state index < -0.39 is 6.10 Å². The van der Waals surface area contributed by atoms with Gasteiger partial charge in [0.2, 0.25) is 0 Å². The molecule has 0 fully saturated rings. The van der Waals surface area contributed by atoms with E-state index in [0.717, 1.165) is 12.1 Å². The zero-order valence-corrected chi connectivity index (χ0v) is 12.8. The lowest BCUT2D eigenvalue weighted by Gasteiger charge is -2.26. The van der Waals surface area contributed by atoms with Gasteiger partial charge in [-0.2, -0.15) is 0 Å². The van der Waals surface area contributed by atoms with Gasteiger partial charge in [-0.3, -0.25) is 0 Å². The van der Waals surface area contributed by atoms with Crippen LogP contribution in [0.25, 0.3) is 0 Å². The number of rotatable bonds is 5. The molecule has 2 nitrogen and oxygen atoms in total. The van der Waals surface area contributed by atoms with Crippen molar-refractivity contribution < 1.29 is 5.11 Å². The van der Waals surface area contributed by atoms with Crippen LogP contribution in [0.4, 0.5) is 0 Å². The van der Waals surface area contributed by atoms with E-state index in [4.69, 9.17) is 0 Å². The van der Waals surface area contributed by atoms with Crippen molar-refractivity contribution in [1.82, 2.24) is 4.90 Å². The van der Waals surface area contributed by atoms with Crippen LogP contribution in [0.15, 0.2) is 60.7 Å². The molecule has 20 heavy (non-hydrogen) atoms. The van der Waals surface area contributed by atoms with E-state index in [0.29, 0.717) is 0 Å². The molecule has 0 heterocycles. The number of hydrogen-bond donors (Lipinski definition) is 1. The van der Waals surface area contributed by atoms with Gasteiger partial charge in [0.15, 0.2) is 0 Å². The molecule has 0 aliphatic rings. The monoisotopic (exact) mass is 291 g/mol. The Hall–Kier alpha value is -1.35. The summed E-state index contributed by atoms with van der Waals surface area (Å²) in [5.41, 5.74) is 2.14. The molecule has 0 spiro atoms. The van der Waals surface area contributed by atoms with Crippen molar-refractivity contribution in [1.29, 1.82) is 0 Å². The highest BCUT2D eigenvalue weighted by Gasteiger charge is 2.23. The molecule has 0 aliphatic carbocycles. The average molecular weight is 292 g/mol. The van der Waals surface area contributed by atoms with E-state index in [1.165, 1.54) is 5.56 Å². The maximum Gasteiger partial charge on any atom is 0.0870 e. The van der Waals surface area contributed by atoms with E-state index in [2.05, 4.69) is 17.0 Å². The van der Waals surface area contributed by atoms with Gasteiger partial charge in [0.1, 0.15) is 0 Å². The maximum atomic E-state index is 10.7. The van der Waals surface area contributed by atoms with Gasteiger partial charge in [-0.1, -0.05) is 60.7 Å². The van der Waals surface area contributed by atoms with Gasteiger partial charge in [0, 0.05) is 12.5 Å². The Labute approximate surface area is 127 Å². The van der Waals surface area contributed by atoms with E-state index in [1.807, 2.05) is 62.6 Å². The van der Waals surface area contributed by atoms with Gasteiger partial charge in [0.25, 0.3) is 0 Å².